The number of carboxylic acid groups (broad SMARTS) is 1. The van der Waals surface area contributed by atoms with Crippen LogP contribution in [0.2, 0.25) is 0 Å². The third-order valence-electron chi connectivity index (χ3n) is 5.54. The van der Waals surface area contributed by atoms with Gasteiger partial charge >= 0.3 is 5.97 Å². The third kappa shape index (κ3) is 3.27. The van der Waals surface area contributed by atoms with Gasteiger partial charge in [0.2, 0.25) is 5.82 Å². The highest BCUT2D eigenvalue weighted by Gasteiger charge is 2.49. The minimum absolute atomic E-state index is 0.0445. The molecule has 1 aliphatic rings. The smallest absolute Gasteiger partial charge is 0.311 e. The first-order valence-corrected chi connectivity index (χ1v) is 9.42. The van der Waals surface area contributed by atoms with Crippen LogP contribution >= 0.6 is 0 Å². The van der Waals surface area contributed by atoms with Crippen LogP contribution in [0.4, 0.5) is 4.39 Å². The summed E-state index contributed by atoms with van der Waals surface area (Å²) in [5.41, 5.74) is -0.744. The van der Waals surface area contributed by atoms with Gasteiger partial charge in [0.1, 0.15) is 17.3 Å². The fraction of sp³-hybridized carbons (Fsp3) is 0.500. The van der Waals surface area contributed by atoms with Gasteiger partial charge in [-0.1, -0.05) is 39.8 Å². The predicted molar refractivity (Wildman–Crippen MR) is 101 cm³/mol. The molecule has 1 atom stereocenters. The van der Waals surface area contributed by atoms with Gasteiger partial charge < -0.3 is 10.0 Å². The molecule has 1 aromatic carbocycles. The number of para-hydroxylation sites is 1. The van der Waals surface area contributed by atoms with Gasteiger partial charge in [-0.05, 0) is 24.5 Å². The van der Waals surface area contributed by atoms with E-state index in [0.29, 0.717) is 18.8 Å². The van der Waals surface area contributed by atoms with E-state index in [-0.39, 0.29) is 29.9 Å². The van der Waals surface area contributed by atoms with Gasteiger partial charge in [0, 0.05) is 19.0 Å². The highest BCUT2D eigenvalue weighted by molar-refractivity contribution is 5.91. The summed E-state index contributed by atoms with van der Waals surface area (Å²) < 4.78 is 15.6. The maximum atomic E-state index is 14.3. The number of halogens is 1. The molecular formula is C20H25FN4O3. The Morgan fingerprint density at radius 3 is 2.43 bits per heavy atom. The summed E-state index contributed by atoms with van der Waals surface area (Å²) in [6.45, 7) is 7.92. The lowest BCUT2D eigenvalue weighted by Crippen LogP contribution is -2.40. The van der Waals surface area contributed by atoms with E-state index in [4.69, 9.17) is 0 Å². The standard InChI is InChI=1S/C20H25FN4O3/c1-12(2)17-22-16(23-25(17)15-8-6-5-7-14(15)21)18(26)24-10-9-20(11-24,13(3)4)19(27)28/h5-8,12-13H,9-11H2,1-4H3,(H,27,28). The van der Waals surface area contributed by atoms with Crippen LogP contribution in [-0.4, -0.2) is 49.7 Å². The van der Waals surface area contributed by atoms with Gasteiger partial charge in [0.15, 0.2) is 0 Å². The van der Waals surface area contributed by atoms with Crippen LogP contribution in [0.15, 0.2) is 24.3 Å². The van der Waals surface area contributed by atoms with Crippen LogP contribution in [0, 0.1) is 17.2 Å². The van der Waals surface area contributed by atoms with E-state index in [9.17, 15) is 19.1 Å². The molecule has 1 aromatic heterocycles. The molecule has 150 valence electrons. The zero-order valence-corrected chi connectivity index (χ0v) is 16.5. The van der Waals surface area contributed by atoms with Crippen molar-refractivity contribution < 1.29 is 19.1 Å². The number of amides is 1. The summed E-state index contributed by atoms with van der Waals surface area (Å²) in [5.74, 6) is -1.55. The number of benzene rings is 1. The molecule has 1 aliphatic heterocycles. The molecule has 8 heteroatoms. The average Bonchev–Trinajstić information content (AvgIpc) is 3.27. The van der Waals surface area contributed by atoms with Crippen LogP contribution in [0.25, 0.3) is 5.69 Å². The Labute approximate surface area is 163 Å². The first-order valence-electron chi connectivity index (χ1n) is 9.42. The molecule has 1 amide bonds. The lowest BCUT2D eigenvalue weighted by Gasteiger charge is -2.28. The Hall–Kier alpha value is -2.77. The zero-order chi connectivity index (χ0) is 20.6. The van der Waals surface area contributed by atoms with Crippen molar-refractivity contribution >= 4 is 11.9 Å². The monoisotopic (exact) mass is 388 g/mol. The summed E-state index contributed by atoms with van der Waals surface area (Å²) in [4.78, 5) is 30.7. The van der Waals surface area contributed by atoms with Crippen molar-refractivity contribution in [1.82, 2.24) is 19.7 Å². The van der Waals surface area contributed by atoms with E-state index in [2.05, 4.69) is 10.1 Å². The topological polar surface area (TPSA) is 88.3 Å². The predicted octanol–water partition coefficient (Wildman–Crippen LogP) is 3.10. The molecule has 0 saturated carbocycles. The molecule has 1 saturated heterocycles. The highest BCUT2D eigenvalue weighted by atomic mass is 19.1. The van der Waals surface area contributed by atoms with E-state index >= 15 is 0 Å². The van der Waals surface area contributed by atoms with Crippen LogP contribution in [0.1, 0.15) is 56.5 Å². The first kappa shape index (κ1) is 20.0. The number of hydrogen-bond donors (Lipinski definition) is 1. The number of rotatable bonds is 5. The molecular weight excluding hydrogens is 363 g/mol. The average molecular weight is 388 g/mol. The highest BCUT2D eigenvalue weighted by Crippen LogP contribution is 2.38. The lowest BCUT2D eigenvalue weighted by atomic mass is 9.76. The fourth-order valence-electron chi connectivity index (χ4n) is 3.63. The first-order chi connectivity index (χ1) is 13.2. The Morgan fingerprint density at radius 1 is 1.21 bits per heavy atom. The Kier molecular flexibility index (Phi) is 5.23. The number of carbonyl (C=O) groups is 2. The largest absolute Gasteiger partial charge is 0.481 e. The molecule has 0 aliphatic carbocycles. The van der Waals surface area contributed by atoms with E-state index < -0.39 is 23.1 Å². The van der Waals surface area contributed by atoms with E-state index in [0.717, 1.165) is 0 Å². The van der Waals surface area contributed by atoms with Crippen molar-refractivity contribution in [2.24, 2.45) is 11.3 Å². The molecule has 2 heterocycles. The summed E-state index contributed by atoms with van der Waals surface area (Å²) in [6.07, 6.45) is 0.386. The minimum atomic E-state index is -0.968. The number of likely N-dealkylation sites (tertiary alicyclic amines) is 1. The van der Waals surface area contributed by atoms with E-state index in [1.54, 1.807) is 18.2 Å². The second kappa shape index (κ2) is 7.33. The van der Waals surface area contributed by atoms with Crippen molar-refractivity contribution in [2.45, 2.75) is 40.0 Å². The van der Waals surface area contributed by atoms with Gasteiger partial charge in [0.25, 0.3) is 5.91 Å². The summed E-state index contributed by atoms with van der Waals surface area (Å²) in [7, 11) is 0. The SMILES string of the molecule is CC(C)c1nc(C(=O)N2CCC(C(=O)O)(C(C)C)C2)nn1-c1ccccc1F. The normalized spacial score (nSPS) is 19.6. The van der Waals surface area contributed by atoms with Gasteiger partial charge in [-0.2, -0.15) is 0 Å². The fourth-order valence-corrected chi connectivity index (χ4v) is 3.63. The molecule has 0 bridgehead atoms. The van der Waals surface area contributed by atoms with Crippen LogP contribution in [-0.2, 0) is 4.79 Å². The number of aliphatic carboxylic acids is 1. The van der Waals surface area contributed by atoms with Crippen molar-refractivity contribution in [3.05, 3.63) is 41.7 Å². The molecule has 2 aromatic rings. The van der Waals surface area contributed by atoms with Gasteiger partial charge in [-0.3, -0.25) is 9.59 Å². The van der Waals surface area contributed by atoms with Crippen molar-refractivity contribution in [3.8, 4) is 5.69 Å². The Morgan fingerprint density at radius 2 is 1.89 bits per heavy atom. The zero-order valence-electron chi connectivity index (χ0n) is 16.5. The maximum absolute atomic E-state index is 14.3. The lowest BCUT2D eigenvalue weighted by molar-refractivity contribution is -0.150. The van der Waals surface area contributed by atoms with Crippen LogP contribution in [0.5, 0.6) is 0 Å². The van der Waals surface area contributed by atoms with Gasteiger partial charge in [0.05, 0.1) is 5.41 Å². The third-order valence-corrected chi connectivity index (χ3v) is 5.54. The number of carboxylic acids is 1. The Balaban J connectivity index is 1.95. The molecule has 1 N–H and O–H groups in total. The van der Waals surface area contributed by atoms with Crippen LogP contribution < -0.4 is 0 Å². The number of aromatic nitrogens is 3. The second-order valence-corrected chi connectivity index (χ2v) is 7.90. The Bertz CT molecular complexity index is 909. The maximum Gasteiger partial charge on any atom is 0.311 e. The summed E-state index contributed by atoms with van der Waals surface area (Å²) in [5, 5.41) is 14.0. The molecule has 0 spiro atoms. The second-order valence-electron chi connectivity index (χ2n) is 7.90. The molecule has 1 unspecified atom stereocenters. The molecule has 0 radical (unpaired) electrons. The molecule has 1 fully saturated rings. The van der Waals surface area contributed by atoms with Crippen LogP contribution in [0.3, 0.4) is 0 Å². The van der Waals surface area contributed by atoms with Gasteiger partial charge in [-0.25, -0.2) is 14.1 Å². The quantitative estimate of drug-likeness (QED) is 0.850. The van der Waals surface area contributed by atoms with E-state index in [1.807, 2.05) is 27.7 Å². The molecule has 3 rings (SSSR count). The molecule has 28 heavy (non-hydrogen) atoms. The summed E-state index contributed by atoms with van der Waals surface area (Å²) >= 11 is 0. The van der Waals surface area contributed by atoms with Crippen molar-refractivity contribution in [2.75, 3.05) is 13.1 Å². The van der Waals surface area contributed by atoms with E-state index in [1.165, 1.54) is 15.6 Å². The number of hydrogen-bond acceptors (Lipinski definition) is 4. The molecule has 7 nitrogen and oxygen atoms in total. The van der Waals surface area contributed by atoms with Gasteiger partial charge in [-0.15, -0.1) is 5.10 Å². The number of carbonyl (C=O) groups excluding carboxylic acids is 1. The number of nitrogens with zero attached hydrogens (tertiary/aromatic N) is 4. The minimum Gasteiger partial charge on any atom is -0.481 e. The van der Waals surface area contributed by atoms with Crippen molar-refractivity contribution in [3.63, 3.8) is 0 Å². The summed E-state index contributed by atoms with van der Waals surface area (Å²) in [6, 6.07) is 6.18. The van der Waals surface area contributed by atoms with Crippen molar-refractivity contribution in [1.29, 1.82) is 0 Å².